The first-order chi connectivity index (χ1) is 12.9. The maximum absolute atomic E-state index is 10.6. The number of ether oxygens (including phenoxy) is 1. The van der Waals surface area contributed by atoms with E-state index in [9.17, 15) is 5.11 Å². The Morgan fingerprint density at radius 2 is 2.00 bits per heavy atom. The Hall–Kier alpha value is -2.99. The third-order valence-electron chi connectivity index (χ3n) is 4.81. The second-order valence-corrected chi connectivity index (χ2v) is 6.97. The number of nitrogens with zero attached hydrogens (tertiary/aromatic N) is 3. The van der Waals surface area contributed by atoms with Crippen molar-refractivity contribution in [2.45, 2.75) is 6.92 Å². The number of aromatic nitrogens is 2. The minimum atomic E-state index is 0.113. The standard InChI is InChI=1S/C20H19ClN4O2/c1-11-4-6-15-14(8-11)23-20(24(15)2)18-16(26)10-25(19(18)22)12-5-7-17(27-3)13(21)9-12/h4-9,22,26H,10H2,1-3H3. The van der Waals surface area contributed by atoms with Gasteiger partial charge in [0.05, 0.1) is 35.3 Å². The van der Waals surface area contributed by atoms with Crippen molar-refractivity contribution in [2.24, 2.45) is 7.05 Å². The molecule has 0 unspecified atom stereocenters. The molecule has 0 amide bonds. The number of aliphatic hydroxyl groups excluding tert-OH is 1. The first kappa shape index (κ1) is 17.4. The lowest BCUT2D eigenvalue weighted by molar-refractivity contribution is 0.411. The van der Waals surface area contributed by atoms with Crippen molar-refractivity contribution >= 4 is 39.7 Å². The molecule has 2 N–H and O–H groups in total. The van der Waals surface area contributed by atoms with E-state index in [1.165, 1.54) is 0 Å². The number of methoxy groups -OCH3 is 1. The van der Waals surface area contributed by atoms with E-state index >= 15 is 0 Å². The van der Waals surface area contributed by atoms with E-state index in [0.29, 0.717) is 27.9 Å². The number of fused-ring (bicyclic) bond motifs is 1. The smallest absolute Gasteiger partial charge is 0.148 e. The predicted octanol–water partition coefficient (Wildman–Crippen LogP) is 4.31. The van der Waals surface area contributed by atoms with Crippen LogP contribution in [-0.2, 0) is 7.05 Å². The quantitative estimate of drug-likeness (QED) is 0.707. The molecule has 7 heteroatoms. The maximum atomic E-state index is 10.6. The van der Waals surface area contributed by atoms with Gasteiger partial charge in [-0.25, -0.2) is 4.98 Å². The largest absolute Gasteiger partial charge is 0.509 e. The van der Waals surface area contributed by atoms with Gasteiger partial charge in [0.1, 0.15) is 23.2 Å². The van der Waals surface area contributed by atoms with Gasteiger partial charge in [-0.3, -0.25) is 5.41 Å². The van der Waals surface area contributed by atoms with E-state index in [-0.39, 0.29) is 18.1 Å². The minimum Gasteiger partial charge on any atom is -0.509 e. The van der Waals surface area contributed by atoms with Crippen LogP contribution in [0.2, 0.25) is 5.02 Å². The van der Waals surface area contributed by atoms with Gasteiger partial charge in [-0.2, -0.15) is 0 Å². The summed E-state index contributed by atoms with van der Waals surface area (Å²) in [5.74, 6) is 1.43. The van der Waals surface area contributed by atoms with Crippen LogP contribution in [0.5, 0.6) is 5.75 Å². The van der Waals surface area contributed by atoms with Crippen molar-refractivity contribution in [1.82, 2.24) is 9.55 Å². The highest BCUT2D eigenvalue weighted by Crippen LogP contribution is 2.35. The molecule has 27 heavy (non-hydrogen) atoms. The first-order valence-electron chi connectivity index (χ1n) is 8.46. The van der Waals surface area contributed by atoms with Crippen LogP contribution >= 0.6 is 11.6 Å². The average molecular weight is 383 g/mol. The maximum Gasteiger partial charge on any atom is 0.148 e. The Bertz CT molecular complexity index is 1120. The van der Waals surface area contributed by atoms with Crippen molar-refractivity contribution < 1.29 is 9.84 Å². The van der Waals surface area contributed by atoms with E-state index < -0.39 is 0 Å². The second kappa shape index (κ2) is 6.32. The van der Waals surface area contributed by atoms with Gasteiger partial charge in [-0.15, -0.1) is 0 Å². The molecule has 0 aliphatic carbocycles. The van der Waals surface area contributed by atoms with Crippen LogP contribution < -0.4 is 9.64 Å². The fraction of sp³-hybridized carbons (Fsp3) is 0.200. The van der Waals surface area contributed by atoms with Gasteiger partial charge in [-0.05, 0) is 42.8 Å². The summed E-state index contributed by atoms with van der Waals surface area (Å²) in [4.78, 5) is 6.36. The summed E-state index contributed by atoms with van der Waals surface area (Å²) in [5, 5.41) is 19.7. The van der Waals surface area contributed by atoms with Crippen molar-refractivity contribution in [3.8, 4) is 5.75 Å². The lowest BCUT2D eigenvalue weighted by Gasteiger charge is -2.19. The van der Waals surface area contributed by atoms with Crippen molar-refractivity contribution in [3.63, 3.8) is 0 Å². The van der Waals surface area contributed by atoms with Gasteiger partial charge < -0.3 is 19.3 Å². The summed E-state index contributed by atoms with van der Waals surface area (Å²) >= 11 is 6.22. The van der Waals surface area contributed by atoms with Gasteiger partial charge >= 0.3 is 0 Å². The Morgan fingerprint density at radius 1 is 1.22 bits per heavy atom. The molecule has 4 rings (SSSR count). The number of anilines is 1. The number of hydrogen-bond donors (Lipinski definition) is 2. The molecule has 1 aliphatic heterocycles. The summed E-state index contributed by atoms with van der Waals surface area (Å²) in [6.45, 7) is 2.20. The number of benzene rings is 2. The zero-order chi connectivity index (χ0) is 19.3. The van der Waals surface area contributed by atoms with Crippen molar-refractivity contribution in [2.75, 3.05) is 18.6 Å². The first-order valence-corrected chi connectivity index (χ1v) is 8.84. The molecule has 0 saturated carbocycles. The van der Waals surface area contributed by atoms with Gasteiger partial charge in [0.15, 0.2) is 0 Å². The number of aliphatic hydroxyl groups is 1. The van der Waals surface area contributed by atoms with E-state index in [1.54, 1.807) is 24.1 Å². The highest BCUT2D eigenvalue weighted by molar-refractivity contribution is 6.33. The number of amidine groups is 1. The summed E-state index contributed by atoms with van der Waals surface area (Å²) in [7, 11) is 3.44. The number of hydrogen-bond acceptors (Lipinski definition) is 4. The number of nitrogens with one attached hydrogen (secondary N) is 1. The van der Waals surface area contributed by atoms with Crippen LogP contribution in [0.25, 0.3) is 16.6 Å². The Morgan fingerprint density at radius 3 is 2.70 bits per heavy atom. The van der Waals surface area contributed by atoms with E-state index in [2.05, 4.69) is 4.98 Å². The van der Waals surface area contributed by atoms with Crippen LogP contribution in [0, 0.1) is 12.3 Å². The molecule has 1 aromatic heterocycles. The monoisotopic (exact) mass is 382 g/mol. The van der Waals surface area contributed by atoms with Crippen LogP contribution in [0.3, 0.4) is 0 Å². The molecule has 2 heterocycles. The summed E-state index contributed by atoms with van der Waals surface area (Å²) in [5.41, 5.74) is 4.04. The molecule has 3 aromatic rings. The Balaban J connectivity index is 1.75. The molecule has 0 fully saturated rings. The van der Waals surface area contributed by atoms with Gasteiger partial charge in [0.25, 0.3) is 0 Å². The highest BCUT2D eigenvalue weighted by Gasteiger charge is 2.32. The van der Waals surface area contributed by atoms with Crippen LogP contribution in [-0.4, -0.2) is 34.1 Å². The average Bonchev–Trinajstić information content (AvgIpc) is 3.10. The molecule has 6 nitrogen and oxygen atoms in total. The molecule has 0 spiro atoms. The third kappa shape index (κ3) is 2.73. The Kier molecular flexibility index (Phi) is 4.08. The molecule has 0 saturated heterocycles. The molecule has 138 valence electrons. The molecule has 0 radical (unpaired) electrons. The van der Waals surface area contributed by atoms with Crippen LogP contribution in [0.1, 0.15) is 11.4 Å². The Labute approximate surface area is 161 Å². The van der Waals surface area contributed by atoms with Gasteiger partial charge in [0.2, 0.25) is 0 Å². The fourth-order valence-corrected chi connectivity index (χ4v) is 3.64. The zero-order valence-corrected chi connectivity index (χ0v) is 16.0. The lowest BCUT2D eigenvalue weighted by Crippen LogP contribution is -2.26. The minimum absolute atomic E-state index is 0.113. The van der Waals surface area contributed by atoms with Gasteiger partial charge in [0, 0.05) is 12.7 Å². The molecule has 1 aliphatic rings. The van der Waals surface area contributed by atoms with E-state index in [4.69, 9.17) is 21.7 Å². The van der Waals surface area contributed by atoms with E-state index in [1.807, 2.05) is 42.8 Å². The second-order valence-electron chi connectivity index (χ2n) is 6.56. The zero-order valence-electron chi connectivity index (χ0n) is 15.2. The normalized spacial score (nSPS) is 14.5. The van der Waals surface area contributed by atoms with Crippen molar-refractivity contribution in [1.29, 1.82) is 5.41 Å². The third-order valence-corrected chi connectivity index (χ3v) is 5.11. The summed E-state index contributed by atoms with van der Waals surface area (Å²) < 4.78 is 7.08. The lowest BCUT2D eigenvalue weighted by atomic mass is 10.2. The molecular weight excluding hydrogens is 364 g/mol. The number of rotatable bonds is 3. The SMILES string of the molecule is COc1ccc(N2CC(O)=C(c3nc4cc(C)ccc4n3C)C2=N)cc1Cl. The fourth-order valence-electron chi connectivity index (χ4n) is 3.39. The number of imidazole rings is 1. The van der Waals surface area contributed by atoms with Gasteiger partial charge in [-0.1, -0.05) is 17.7 Å². The number of aryl methyl sites for hydroxylation is 2. The van der Waals surface area contributed by atoms with Crippen LogP contribution in [0.4, 0.5) is 5.69 Å². The van der Waals surface area contributed by atoms with E-state index in [0.717, 1.165) is 16.6 Å². The molecule has 0 atom stereocenters. The number of halogens is 1. The topological polar surface area (TPSA) is 74.4 Å². The molecule has 2 aromatic carbocycles. The highest BCUT2D eigenvalue weighted by atomic mass is 35.5. The van der Waals surface area contributed by atoms with Crippen molar-refractivity contribution in [3.05, 3.63) is 58.6 Å². The molecule has 0 bridgehead atoms. The van der Waals surface area contributed by atoms with Crippen LogP contribution in [0.15, 0.2) is 42.2 Å². The summed E-state index contributed by atoms with van der Waals surface area (Å²) in [6, 6.07) is 11.3. The molecular formula is C20H19ClN4O2. The summed E-state index contributed by atoms with van der Waals surface area (Å²) in [6.07, 6.45) is 0. The predicted molar refractivity (Wildman–Crippen MR) is 108 cm³/mol.